The fourth-order valence-corrected chi connectivity index (χ4v) is 3.18. The molecule has 0 unspecified atom stereocenters. The van der Waals surface area contributed by atoms with Gasteiger partial charge in [0, 0.05) is 51.1 Å². The molecule has 156 valence electrons. The van der Waals surface area contributed by atoms with Crippen LogP contribution in [0.3, 0.4) is 0 Å². The van der Waals surface area contributed by atoms with Crippen LogP contribution in [0.5, 0.6) is 0 Å². The predicted molar refractivity (Wildman–Crippen MR) is 126 cm³/mol. The zero-order valence-electron chi connectivity index (χ0n) is 17.6. The molecule has 3 rings (SSSR count). The number of hydrogen-bond donors (Lipinski definition) is 1. The zero-order valence-corrected chi connectivity index (χ0v) is 19.9. The molecule has 0 aliphatic heterocycles. The van der Waals surface area contributed by atoms with Crippen LogP contribution in [0.25, 0.3) is 11.3 Å². The predicted octanol–water partition coefficient (Wildman–Crippen LogP) is 4.02. The van der Waals surface area contributed by atoms with E-state index in [-0.39, 0.29) is 24.0 Å². The molecule has 1 aromatic carbocycles. The maximum absolute atomic E-state index is 5.46. The Hall–Kier alpha value is -2.36. The number of aromatic nitrogens is 3. The Morgan fingerprint density at radius 3 is 2.66 bits per heavy atom. The van der Waals surface area contributed by atoms with Crippen LogP contribution in [0.1, 0.15) is 36.7 Å². The van der Waals surface area contributed by atoms with Gasteiger partial charge < -0.3 is 14.7 Å². The van der Waals surface area contributed by atoms with Crippen molar-refractivity contribution in [2.45, 2.75) is 32.9 Å². The van der Waals surface area contributed by atoms with Gasteiger partial charge in [-0.05, 0) is 5.92 Å². The Bertz CT molecular complexity index is 932. The van der Waals surface area contributed by atoms with Gasteiger partial charge in [-0.2, -0.15) is 5.10 Å². The number of halogens is 1. The summed E-state index contributed by atoms with van der Waals surface area (Å²) in [6, 6.07) is 11.9. The van der Waals surface area contributed by atoms with E-state index < -0.39 is 0 Å². The average Bonchev–Trinajstić information content (AvgIpc) is 3.29. The molecule has 0 saturated heterocycles. The number of guanidine groups is 1. The average molecular weight is 508 g/mol. The van der Waals surface area contributed by atoms with E-state index in [2.05, 4.69) is 45.5 Å². The summed E-state index contributed by atoms with van der Waals surface area (Å²) in [7, 11) is 5.76. The van der Waals surface area contributed by atoms with Crippen molar-refractivity contribution in [1.29, 1.82) is 0 Å². The van der Waals surface area contributed by atoms with E-state index in [1.165, 1.54) is 5.56 Å². The monoisotopic (exact) mass is 508 g/mol. The second kappa shape index (κ2) is 10.4. The fourth-order valence-electron chi connectivity index (χ4n) is 3.18. The molecular formula is C21H29IN6O. The maximum Gasteiger partial charge on any atom is 0.194 e. The molecule has 1 N–H and O–H groups in total. The molecule has 0 amide bonds. The van der Waals surface area contributed by atoms with Crippen molar-refractivity contribution in [2.24, 2.45) is 12.0 Å². The molecule has 8 heteroatoms. The van der Waals surface area contributed by atoms with E-state index in [4.69, 9.17) is 4.52 Å². The highest BCUT2D eigenvalue weighted by atomic mass is 127. The third-order valence-corrected chi connectivity index (χ3v) is 4.51. The summed E-state index contributed by atoms with van der Waals surface area (Å²) in [6.45, 7) is 5.59. The van der Waals surface area contributed by atoms with Crippen LogP contribution in [0.15, 0.2) is 52.1 Å². The van der Waals surface area contributed by atoms with Crippen LogP contribution in [0.4, 0.5) is 0 Å². The van der Waals surface area contributed by atoms with Crippen LogP contribution in [-0.2, 0) is 20.1 Å². The van der Waals surface area contributed by atoms with E-state index in [9.17, 15) is 0 Å². The lowest BCUT2D eigenvalue weighted by Gasteiger charge is -2.22. The third kappa shape index (κ3) is 5.81. The number of benzene rings is 1. The molecule has 0 atom stereocenters. The van der Waals surface area contributed by atoms with E-state index in [1.807, 2.05) is 55.2 Å². The van der Waals surface area contributed by atoms with Gasteiger partial charge in [-0.3, -0.25) is 9.67 Å². The number of aliphatic imine (C=N–C) groups is 1. The smallest absolute Gasteiger partial charge is 0.194 e. The highest BCUT2D eigenvalue weighted by molar-refractivity contribution is 14.0. The Morgan fingerprint density at radius 2 is 2.00 bits per heavy atom. The molecule has 2 heterocycles. The zero-order chi connectivity index (χ0) is 20.1. The summed E-state index contributed by atoms with van der Waals surface area (Å²) in [6.07, 6.45) is 2.07. The maximum atomic E-state index is 5.46. The Balaban J connectivity index is 0.00000300. The molecule has 2 aromatic heterocycles. The van der Waals surface area contributed by atoms with Gasteiger partial charge >= 0.3 is 0 Å². The van der Waals surface area contributed by atoms with Gasteiger partial charge in [0.1, 0.15) is 5.69 Å². The SMILES string of the molecule is CN=C(NCc1cc(-c2ccccc2)on1)N(C)Cc1cn(C)nc1C(C)C.I. The van der Waals surface area contributed by atoms with Crippen molar-refractivity contribution < 1.29 is 4.52 Å². The summed E-state index contributed by atoms with van der Waals surface area (Å²) in [5.41, 5.74) is 4.17. The Kier molecular flexibility index (Phi) is 8.24. The molecule has 0 radical (unpaired) electrons. The van der Waals surface area contributed by atoms with Crippen LogP contribution in [0.2, 0.25) is 0 Å². The first-order valence-corrected chi connectivity index (χ1v) is 9.43. The van der Waals surface area contributed by atoms with Crippen molar-refractivity contribution >= 4 is 29.9 Å². The second-order valence-electron chi connectivity index (χ2n) is 7.17. The topological polar surface area (TPSA) is 71.5 Å². The molecule has 0 saturated carbocycles. The first-order chi connectivity index (χ1) is 13.5. The molecular weight excluding hydrogens is 479 g/mol. The standard InChI is InChI=1S/C21H28N6O.HI/c1-15(2)20-17(14-27(5)24-20)13-26(4)21(22-3)23-12-18-11-19(28-25-18)16-9-7-6-8-10-16;/h6-11,14-15H,12-13H2,1-5H3,(H,22,23);1H. The van der Waals surface area contributed by atoms with Gasteiger partial charge in [-0.15, -0.1) is 24.0 Å². The Labute approximate surface area is 189 Å². The first kappa shape index (κ1) is 22.9. The molecule has 0 aliphatic carbocycles. The number of nitrogens with zero attached hydrogens (tertiary/aromatic N) is 5. The molecule has 29 heavy (non-hydrogen) atoms. The van der Waals surface area contributed by atoms with E-state index >= 15 is 0 Å². The lowest BCUT2D eigenvalue weighted by Crippen LogP contribution is -2.38. The number of rotatable bonds is 6. The highest BCUT2D eigenvalue weighted by Gasteiger charge is 2.15. The van der Waals surface area contributed by atoms with E-state index in [1.54, 1.807) is 7.05 Å². The summed E-state index contributed by atoms with van der Waals surface area (Å²) in [4.78, 5) is 6.48. The third-order valence-electron chi connectivity index (χ3n) is 4.51. The van der Waals surface area contributed by atoms with E-state index in [0.29, 0.717) is 12.5 Å². The minimum Gasteiger partial charge on any atom is -0.356 e. The van der Waals surface area contributed by atoms with Gasteiger partial charge in [0.05, 0.1) is 12.2 Å². The number of aryl methyl sites for hydroxylation is 1. The summed E-state index contributed by atoms with van der Waals surface area (Å²) in [5, 5.41) is 12.1. The van der Waals surface area contributed by atoms with Crippen molar-refractivity contribution in [3.8, 4) is 11.3 Å². The molecule has 7 nitrogen and oxygen atoms in total. The minimum atomic E-state index is 0. The molecule has 0 aliphatic rings. The summed E-state index contributed by atoms with van der Waals surface area (Å²) in [5.74, 6) is 1.94. The lowest BCUT2D eigenvalue weighted by atomic mass is 10.1. The highest BCUT2D eigenvalue weighted by Crippen LogP contribution is 2.20. The summed E-state index contributed by atoms with van der Waals surface area (Å²) >= 11 is 0. The minimum absolute atomic E-state index is 0. The van der Waals surface area contributed by atoms with Gasteiger partial charge in [-0.25, -0.2) is 0 Å². The van der Waals surface area contributed by atoms with Crippen LogP contribution in [-0.4, -0.2) is 39.9 Å². The normalized spacial score (nSPS) is 11.4. The van der Waals surface area contributed by atoms with Crippen LogP contribution >= 0.6 is 24.0 Å². The van der Waals surface area contributed by atoms with Crippen molar-refractivity contribution in [1.82, 2.24) is 25.2 Å². The van der Waals surface area contributed by atoms with Crippen molar-refractivity contribution in [3.05, 3.63) is 59.5 Å². The van der Waals surface area contributed by atoms with Crippen LogP contribution in [0, 0.1) is 0 Å². The van der Waals surface area contributed by atoms with Gasteiger partial charge in [0.25, 0.3) is 0 Å². The molecule has 0 bridgehead atoms. The van der Waals surface area contributed by atoms with Gasteiger partial charge in [0.2, 0.25) is 0 Å². The summed E-state index contributed by atoms with van der Waals surface area (Å²) < 4.78 is 7.33. The quantitative estimate of drug-likeness (QED) is 0.310. The second-order valence-corrected chi connectivity index (χ2v) is 7.17. The van der Waals surface area contributed by atoms with Gasteiger partial charge in [0.15, 0.2) is 11.7 Å². The van der Waals surface area contributed by atoms with Gasteiger partial charge in [-0.1, -0.05) is 49.3 Å². The largest absolute Gasteiger partial charge is 0.356 e. The number of hydrogen-bond acceptors (Lipinski definition) is 4. The molecule has 0 spiro atoms. The molecule has 3 aromatic rings. The Morgan fingerprint density at radius 1 is 1.28 bits per heavy atom. The molecule has 0 fully saturated rings. The fraction of sp³-hybridized carbons (Fsp3) is 0.381. The van der Waals surface area contributed by atoms with Crippen molar-refractivity contribution in [3.63, 3.8) is 0 Å². The lowest BCUT2D eigenvalue weighted by molar-refractivity contribution is 0.420. The van der Waals surface area contributed by atoms with E-state index in [0.717, 1.165) is 35.2 Å². The first-order valence-electron chi connectivity index (χ1n) is 9.43. The van der Waals surface area contributed by atoms with Crippen LogP contribution < -0.4 is 5.32 Å². The number of nitrogens with one attached hydrogen (secondary N) is 1. The van der Waals surface area contributed by atoms with Crippen molar-refractivity contribution in [2.75, 3.05) is 14.1 Å².